The molecular formula is C13H13BrN2O3. The summed E-state index contributed by atoms with van der Waals surface area (Å²) in [5, 5.41) is 17.8. The first kappa shape index (κ1) is 13.8. The van der Waals surface area contributed by atoms with Gasteiger partial charge in [0.1, 0.15) is 0 Å². The third kappa shape index (κ3) is 3.25. The number of anilines is 1. The van der Waals surface area contributed by atoms with Crippen molar-refractivity contribution in [2.24, 2.45) is 0 Å². The molecule has 1 atom stereocenters. The number of benzene rings is 1. The predicted molar refractivity (Wildman–Crippen MR) is 73.1 cm³/mol. The average molecular weight is 325 g/mol. The van der Waals surface area contributed by atoms with Crippen molar-refractivity contribution in [2.75, 3.05) is 24.7 Å². The molecule has 0 spiro atoms. The van der Waals surface area contributed by atoms with Gasteiger partial charge in [0.15, 0.2) is 0 Å². The van der Waals surface area contributed by atoms with Crippen LogP contribution < -0.4 is 4.90 Å². The molecule has 0 amide bonds. The highest BCUT2D eigenvalue weighted by molar-refractivity contribution is 9.10. The highest BCUT2D eigenvalue weighted by atomic mass is 79.9. The molecule has 0 aromatic heterocycles. The molecule has 1 aromatic carbocycles. The molecule has 1 unspecified atom stereocenters. The van der Waals surface area contributed by atoms with Gasteiger partial charge in [-0.05, 0) is 34.1 Å². The van der Waals surface area contributed by atoms with Crippen LogP contribution in [0.25, 0.3) is 0 Å². The second kappa shape index (κ2) is 6.04. The summed E-state index contributed by atoms with van der Waals surface area (Å²) in [5.74, 6) is -0.842. The SMILES string of the molecule is N#Cc1ccc(N2CCOCC2CC(=O)O)c(Br)c1. The molecule has 0 aliphatic carbocycles. The summed E-state index contributed by atoms with van der Waals surface area (Å²) < 4.78 is 6.14. The van der Waals surface area contributed by atoms with Crippen LogP contribution in [-0.2, 0) is 9.53 Å². The molecule has 0 saturated carbocycles. The lowest BCUT2D eigenvalue weighted by atomic mass is 10.1. The van der Waals surface area contributed by atoms with Crippen molar-refractivity contribution in [1.29, 1.82) is 5.26 Å². The fourth-order valence-electron chi connectivity index (χ4n) is 2.15. The van der Waals surface area contributed by atoms with Gasteiger partial charge in [-0.25, -0.2) is 0 Å². The molecule has 2 rings (SSSR count). The largest absolute Gasteiger partial charge is 0.481 e. The van der Waals surface area contributed by atoms with E-state index in [4.69, 9.17) is 15.1 Å². The third-order valence-corrected chi connectivity index (χ3v) is 3.66. The summed E-state index contributed by atoms with van der Waals surface area (Å²) >= 11 is 3.44. The van der Waals surface area contributed by atoms with Crippen LogP contribution in [0.1, 0.15) is 12.0 Å². The Hall–Kier alpha value is -1.58. The maximum atomic E-state index is 10.9. The number of halogens is 1. The zero-order chi connectivity index (χ0) is 13.8. The Labute approximate surface area is 119 Å². The van der Waals surface area contributed by atoms with E-state index in [1.54, 1.807) is 12.1 Å². The van der Waals surface area contributed by atoms with Gasteiger partial charge in [0.25, 0.3) is 0 Å². The van der Waals surface area contributed by atoms with E-state index in [2.05, 4.69) is 22.0 Å². The van der Waals surface area contributed by atoms with Crippen LogP contribution in [0.5, 0.6) is 0 Å². The molecule has 1 saturated heterocycles. The van der Waals surface area contributed by atoms with Crippen LogP contribution in [0.15, 0.2) is 22.7 Å². The van der Waals surface area contributed by atoms with Crippen LogP contribution in [0.3, 0.4) is 0 Å². The number of carbonyl (C=O) groups is 1. The van der Waals surface area contributed by atoms with Gasteiger partial charge >= 0.3 is 5.97 Å². The molecule has 1 fully saturated rings. The Balaban J connectivity index is 2.27. The van der Waals surface area contributed by atoms with Crippen molar-refractivity contribution in [3.8, 4) is 6.07 Å². The molecule has 5 nitrogen and oxygen atoms in total. The van der Waals surface area contributed by atoms with Gasteiger partial charge in [0.05, 0.1) is 43.0 Å². The van der Waals surface area contributed by atoms with Gasteiger partial charge in [-0.15, -0.1) is 0 Å². The van der Waals surface area contributed by atoms with Gasteiger partial charge in [-0.1, -0.05) is 0 Å². The van der Waals surface area contributed by atoms with E-state index < -0.39 is 5.97 Å². The lowest BCUT2D eigenvalue weighted by Gasteiger charge is -2.37. The zero-order valence-corrected chi connectivity index (χ0v) is 11.8. The van der Waals surface area contributed by atoms with E-state index in [1.165, 1.54) is 0 Å². The number of carboxylic acid groups (broad SMARTS) is 1. The first-order valence-corrected chi connectivity index (χ1v) is 6.67. The molecule has 0 bridgehead atoms. The first-order valence-electron chi connectivity index (χ1n) is 5.87. The summed E-state index contributed by atoms with van der Waals surface area (Å²) in [7, 11) is 0. The number of ether oxygens (including phenoxy) is 1. The van der Waals surface area contributed by atoms with Crippen LogP contribution >= 0.6 is 15.9 Å². The Morgan fingerprint density at radius 3 is 3.05 bits per heavy atom. The molecule has 1 heterocycles. The van der Waals surface area contributed by atoms with Gasteiger partial charge in [-0.3, -0.25) is 4.79 Å². The Morgan fingerprint density at radius 1 is 1.63 bits per heavy atom. The number of carboxylic acids is 1. The van der Waals surface area contributed by atoms with Crippen molar-refractivity contribution in [3.63, 3.8) is 0 Å². The predicted octanol–water partition coefficient (Wildman–Crippen LogP) is 2.00. The normalized spacial score (nSPS) is 18.9. The third-order valence-electron chi connectivity index (χ3n) is 3.02. The lowest BCUT2D eigenvalue weighted by Crippen LogP contribution is -2.46. The van der Waals surface area contributed by atoms with Crippen LogP contribution in [0.2, 0.25) is 0 Å². The van der Waals surface area contributed by atoms with E-state index in [1.807, 2.05) is 11.0 Å². The summed E-state index contributed by atoms with van der Waals surface area (Å²) in [5.41, 5.74) is 1.47. The quantitative estimate of drug-likeness (QED) is 0.920. The molecule has 1 N–H and O–H groups in total. The minimum Gasteiger partial charge on any atom is -0.481 e. The van der Waals surface area contributed by atoms with Crippen molar-refractivity contribution in [1.82, 2.24) is 0 Å². The summed E-state index contributed by atoms with van der Waals surface area (Å²) in [4.78, 5) is 12.9. The molecule has 6 heteroatoms. The zero-order valence-electron chi connectivity index (χ0n) is 10.2. The Bertz CT molecular complexity index is 527. The molecular weight excluding hydrogens is 312 g/mol. The first-order chi connectivity index (χ1) is 9.11. The number of morpholine rings is 1. The van der Waals surface area contributed by atoms with Crippen molar-refractivity contribution in [3.05, 3.63) is 28.2 Å². The average Bonchev–Trinajstić information content (AvgIpc) is 2.39. The minimum atomic E-state index is -0.842. The number of hydrogen-bond acceptors (Lipinski definition) is 4. The fourth-order valence-corrected chi connectivity index (χ4v) is 2.76. The highest BCUT2D eigenvalue weighted by Crippen LogP contribution is 2.30. The fraction of sp³-hybridized carbons (Fsp3) is 0.385. The number of hydrogen-bond donors (Lipinski definition) is 1. The van der Waals surface area contributed by atoms with Crippen molar-refractivity contribution in [2.45, 2.75) is 12.5 Å². The summed E-state index contributed by atoms with van der Waals surface area (Å²) in [6, 6.07) is 7.19. The van der Waals surface area contributed by atoms with Crippen LogP contribution in [0.4, 0.5) is 5.69 Å². The summed E-state index contributed by atoms with van der Waals surface area (Å²) in [6.07, 6.45) is 0.0342. The number of nitriles is 1. The maximum Gasteiger partial charge on any atom is 0.305 e. The van der Waals surface area contributed by atoms with Crippen LogP contribution in [-0.4, -0.2) is 36.9 Å². The van der Waals surface area contributed by atoms with Crippen molar-refractivity contribution >= 4 is 27.6 Å². The van der Waals surface area contributed by atoms with E-state index in [9.17, 15) is 4.79 Å². The number of nitrogens with zero attached hydrogens (tertiary/aromatic N) is 2. The second-order valence-corrected chi connectivity index (χ2v) is 5.15. The standard InChI is InChI=1S/C13H13BrN2O3/c14-11-5-9(7-15)1-2-12(11)16-3-4-19-8-10(16)6-13(17)18/h1-2,5,10H,3-4,6,8H2,(H,17,18). The molecule has 1 aliphatic heterocycles. The van der Waals surface area contributed by atoms with Gasteiger partial charge in [0.2, 0.25) is 0 Å². The maximum absolute atomic E-state index is 10.9. The molecule has 0 radical (unpaired) electrons. The van der Waals surface area contributed by atoms with Crippen LogP contribution in [0, 0.1) is 11.3 Å². The Morgan fingerprint density at radius 2 is 2.42 bits per heavy atom. The number of aliphatic carboxylic acids is 1. The topological polar surface area (TPSA) is 73.6 Å². The van der Waals surface area contributed by atoms with E-state index in [-0.39, 0.29) is 12.5 Å². The van der Waals surface area contributed by atoms with E-state index in [0.717, 1.165) is 10.2 Å². The molecule has 1 aromatic rings. The number of rotatable bonds is 3. The van der Waals surface area contributed by atoms with Gasteiger partial charge < -0.3 is 14.7 Å². The smallest absolute Gasteiger partial charge is 0.305 e. The van der Waals surface area contributed by atoms with E-state index >= 15 is 0 Å². The lowest BCUT2D eigenvalue weighted by molar-refractivity contribution is -0.138. The second-order valence-electron chi connectivity index (χ2n) is 4.30. The highest BCUT2D eigenvalue weighted by Gasteiger charge is 2.26. The Kier molecular flexibility index (Phi) is 4.40. The van der Waals surface area contributed by atoms with E-state index in [0.29, 0.717) is 25.3 Å². The molecule has 1 aliphatic rings. The van der Waals surface area contributed by atoms with Crippen molar-refractivity contribution < 1.29 is 14.6 Å². The van der Waals surface area contributed by atoms with Gasteiger partial charge in [-0.2, -0.15) is 5.26 Å². The monoisotopic (exact) mass is 324 g/mol. The van der Waals surface area contributed by atoms with Gasteiger partial charge in [0, 0.05) is 11.0 Å². The minimum absolute atomic E-state index is 0.0342. The molecule has 19 heavy (non-hydrogen) atoms. The molecule has 100 valence electrons. The summed E-state index contributed by atoms with van der Waals surface area (Å²) in [6.45, 7) is 1.61.